The fraction of sp³-hybridized carbons (Fsp3) is 0.375. The minimum atomic E-state index is -0.746. The summed E-state index contributed by atoms with van der Waals surface area (Å²) < 4.78 is 1.48. The van der Waals surface area contributed by atoms with Crippen molar-refractivity contribution in [1.82, 2.24) is 4.98 Å². The molecule has 0 saturated heterocycles. The van der Waals surface area contributed by atoms with Crippen molar-refractivity contribution in [2.45, 2.75) is 12.5 Å². The van der Waals surface area contributed by atoms with E-state index in [0.29, 0.717) is 4.60 Å². The van der Waals surface area contributed by atoms with E-state index >= 15 is 0 Å². The van der Waals surface area contributed by atoms with Crippen molar-refractivity contribution in [3.05, 3.63) is 26.9 Å². The monoisotopic (exact) mass is 308 g/mol. The highest BCUT2D eigenvalue weighted by molar-refractivity contribution is 9.13. The van der Waals surface area contributed by atoms with Gasteiger partial charge in [0.15, 0.2) is 0 Å². The molecule has 72 valence electrons. The summed E-state index contributed by atoms with van der Waals surface area (Å²) in [5, 5.41) is 9.08. The number of aliphatic hydroxyl groups excluding tert-OH is 1. The van der Waals surface area contributed by atoms with Crippen LogP contribution in [-0.4, -0.2) is 16.7 Å². The van der Waals surface area contributed by atoms with Crippen molar-refractivity contribution >= 4 is 31.9 Å². The topological polar surface area (TPSA) is 59.1 Å². The molecular formula is C8H10Br2N2O. The smallest absolute Gasteiger partial charge is 0.120 e. The number of rotatable bonds is 2. The van der Waals surface area contributed by atoms with E-state index < -0.39 is 5.54 Å². The van der Waals surface area contributed by atoms with Crippen LogP contribution in [-0.2, 0) is 5.54 Å². The van der Waals surface area contributed by atoms with Gasteiger partial charge in [-0.05, 0) is 50.4 Å². The summed E-state index contributed by atoms with van der Waals surface area (Å²) in [6.45, 7) is 1.65. The molecule has 0 aliphatic rings. The Morgan fingerprint density at radius 1 is 1.62 bits per heavy atom. The summed E-state index contributed by atoms with van der Waals surface area (Å²) in [5.41, 5.74) is 5.96. The molecule has 3 nitrogen and oxygen atoms in total. The SMILES string of the molecule is C[C@@](N)(CO)c1ccnc(Br)c1Br. The first-order valence-electron chi connectivity index (χ1n) is 3.69. The van der Waals surface area contributed by atoms with E-state index in [4.69, 9.17) is 10.8 Å². The fourth-order valence-corrected chi connectivity index (χ4v) is 1.96. The molecular weight excluding hydrogens is 300 g/mol. The number of aromatic nitrogens is 1. The molecule has 0 radical (unpaired) electrons. The Bertz CT molecular complexity index is 315. The molecule has 3 N–H and O–H groups in total. The van der Waals surface area contributed by atoms with Gasteiger partial charge in [-0.3, -0.25) is 0 Å². The van der Waals surface area contributed by atoms with Crippen LogP contribution in [0, 0.1) is 0 Å². The molecule has 1 rings (SSSR count). The van der Waals surface area contributed by atoms with Gasteiger partial charge in [0.05, 0.1) is 16.6 Å². The molecule has 1 heterocycles. The van der Waals surface area contributed by atoms with Gasteiger partial charge in [-0.1, -0.05) is 0 Å². The van der Waals surface area contributed by atoms with Gasteiger partial charge >= 0.3 is 0 Å². The van der Waals surface area contributed by atoms with Crippen LogP contribution in [0.1, 0.15) is 12.5 Å². The number of hydrogen-bond acceptors (Lipinski definition) is 3. The summed E-state index contributed by atoms with van der Waals surface area (Å²) in [5.74, 6) is 0. The number of hydrogen-bond donors (Lipinski definition) is 2. The van der Waals surface area contributed by atoms with E-state index in [2.05, 4.69) is 36.8 Å². The minimum absolute atomic E-state index is 0.109. The van der Waals surface area contributed by atoms with E-state index in [-0.39, 0.29) is 6.61 Å². The van der Waals surface area contributed by atoms with Crippen LogP contribution in [0.4, 0.5) is 0 Å². The molecule has 0 saturated carbocycles. The highest BCUT2D eigenvalue weighted by Crippen LogP contribution is 2.30. The zero-order valence-corrected chi connectivity index (χ0v) is 10.3. The van der Waals surface area contributed by atoms with Crippen LogP contribution in [0.2, 0.25) is 0 Å². The lowest BCUT2D eigenvalue weighted by atomic mass is 9.95. The second kappa shape index (κ2) is 4.04. The number of pyridine rings is 1. The number of aliphatic hydroxyl groups is 1. The third-order valence-corrected chi connectivity index (χ3v) is 3.73. The standard InChI is InChI=1S/C8H10Br2N2O/c1-8(11,4-13)5-2-3-12-7(10)6(5)9/h2-3,13H,4,11H2,1H3/t8-/m1/s1. The largest absolute Gasteiger partial charge is 0.394 e. The normalized spacial score (nSPS) is 15.5. The summed E-state index contributed by atoms with van der Waals surface area (Å²) in [4.78, 5) is 4.02. The molecule has 0 aromatic carbocycles. The van der Waals surface area contributed by atoms with Crippen LogP contribution >= 0.6 is 31.9 Å². The molecule has 1 aromatic rings. The van der Waals surface area contributed by atoms with E-state index in [1.54, 1.807) is 19.2 Å². The average molecular weight is 310 g/mol. The quantitative estimate of drug-likeness (QED) is 0.819. The molecule has 0 aliphatic heterocycles. The molecule has 0 unspecified atom stereocenters. The molecule has 5 heteroatoms. The van der Waals surface area contributed by atoms with Gasteiger partial charge in [-0.25, -0.2) is 4.98 Å². The van der Waals surface area contributed by atoms with Crippen molar-refractivity contribution < 1.29 is 5.11 Å². The zero-order valence-electron chi connectivity index (χ0n) is 7.09. The van der Waals surface area contributed by atoms with Gasteiger partial charge in [0.25, 0.3) is 0 Å². The first-order chi connectivity index (χ1) is 5.99. The summed E-state index contributed by atoms with van der Waals surface area (Å²) in [6, 6.07) is 1.78. The second-order valence-electron chi connectivity index (χ2n) is 3.04. The lowest BCUT2D eigenvalue weighted by molar-refractivity contribution is 0.209. The van der Waals surface area contributed by atoms with Crippen LogP contribution in [0.3, 0.4) is 0 Å². The number of nitrogens with two attached hydrogens (primary N) is 1. The van der Waals surface area contributed by atoms with Crippen molar-refractivity contribution in [2.75, 3.05) is 6.61 Å². The third kappa shape index (κ3) is 2.28. The molecule has 1 aromatic heterocycles. The van der Waals surface area contributed by atoms with Crippen LogP contribution in [0.25, 0.3) is 0 Å². The maximum Gasteiger partial charge on any atom is 0.120 e. The third-order valence-electron chi connectivity index (χ3n) is 1.79. The first kappa shape index (κ1) is 11.1. The number of halogens is 2. The minimum Gasteiger partial charge on any atom is -0.394 e. The van der Waals surface area contributed by atoms with Crippen LogP contribution < -0.4 is 5.73 Å². The molecule has 0 fully saturated rings. The summed E-state index contributed by atoms with van der Waals surface area (Å²) in [7, 11) is 0. The lowest BCUT2D eigenvalue weighted by Crippen LogP contribution is -2.37. The number of nitrogens with zero attached hydrogens (tertiary/aromatic N) is 1. The van der Waals surface area contributed by atoms with Gasteiger partial charge in [-0.2, -0.15) is 0 Å². The summed E-state index contributed by atoms with van der Waals surface area (Å²) >= 11 is 6.63. The van der Waals surface area contributed by atoms with E-state index in [9.17, 15) is 0 Å². The molecule has 0 amide bonds. The fourth-order valence-electron chi connectivity index (χ4n) is 0.944. The van der Waals surface area contributed by atoms with E-state index in [0.717, 1.165) is 10.0 Å². The van der Waals surface area contributed by atoms with Gasteiger partial charge in [0, 0.05) is 6.20 Å². The van der Waals surface area contributed by atoms with E-state index in [1.807, 2.05) is 0 Å². The van der Waals surface area contributed by atoms with Crippen LogP contribution in [0.5, 0.6) is 0 Å². The lowest BCUT2D eigenvalue weighted by Gasteiger charge is -2.23. The highest BCUT2D eigenvalue weighted by Gasteiger charge is 2.23. The van der Waals surface area contributed by atoms with Crippen LogP contribution in [0.15, 0.2) is 21.3 Å². The van der Waals surface area contributed by atoms with Crippen molar-refractivity contribution in [3.8, 4) is 0 Å². The van der Waals surface area contributed by atoms with Crippen molar-refractivity contribution in [1.29, 1.82) is 0 Å². The Morgan fingerprint density at radius 2 is 2.23 bits per heavy atom. The Kier molecular flexibility index (Phi) is 3.45. The predicted molar refractivity (Wildman–Crippen MR) is 58.3 cm³/mol. The Balaban J connectivity index is 3.22. The molecule has 1 atom stereocenters. The maximum atomic E-state index is 9.08. The Morgan fingerprint density at radius 3 is 2.77 bits per heavy atom. The van der Waals surface area contributed by atoms with Gasteiger partial charge in [-0.15, -0.1) is 0 Å². The first-order valence-corrected chi connectivity index (χ1v) is 5.28. The van der Waals surface area contributed by atoms with E-state index in [1.165, 1.54) is 0 Å². The predicted octanol–water partition coefficient (Wildman–Crippen LogP) is 1.77. The maximum absolute atomic E-state index is 9.08. The van der Waals surface area contributed by atoms with Gasteiger partial charge in [0.2, 0.25) is 0 Å². The Labute approximate surface area is 93.6 Å². The molecule has 0 spiro atoms. The van der Waals surface area contributed by atoms with Crippen molar-refractivity contribution in [3.63, 3.8) is 0 Å². The Hall–Kier alpha value is 0.0300. The van der Waals surface area contributed by atoms with Crippen molar-refractivity contribution in [2.24, 2.45) is 5.73 Å². The highest BCUT2D eigenvalue weighted by atomic mass is 79.9. The molecule has 0 aliphatic carbocycles. The summed E-state index contributed by atoms with van der Waals surface area (Å²) in [6.07, 6.45) is 1.64. The van der Waals surface area contributed by atoms with Gasteiger partial charge in [0.1, 0.15) is 4.60 Å². The van der Waals surface area contributed by atoms with Gasteiger partial charge < -0.3 is 10.8 Å². The average Bonchev–Trinajstić information content (AvgIpc) is 2.09. The molecule has 13 heavy (non-hydrogen) atoms. The second-order valence-corrected chi connectivity index (χ2v) is 4.58. The zero-order chi connectivity index (χ0) is 10.1. The molecule has 0 bridgehead atoms.